The second kappa shape index (κ2) is 7.56. The minimum atomic E-state index is 0.0796. The molecule has 25 heavy (non-hydrogen) atoms. The number of hydrogen-bond acceptors (Lipinski definition) is 3. The summed E-state index contributed by atoms with van der Waals surface area (Å²) in [6.07, 6.45) is 4.41. The number of carbonyl (C=O) groups excluding carboxylic acids is 2. The molecule has 1 N–H and O–H groups in total. The van der Waals surface area contributed by atoms with Gasteiger partial charge in [-0.1, -0.05) is 18.2 Å². The highest BCUT2D eigenvalue weighted by Gasteiger charge is 2.40. The molecule has 2 fully saturated rings. The van der Waals surface area contributed by atoms with E-state index in [0.29, 0.717) is 6.54 Å². The van der Waals surface area contributed by atoms with Crippen molar-refractivity contribution in [2.45, 2.75) is 32.6 Å². The zero-order valence-electron chi connectivity index (χ0n) is 15.4. The van der Waals surface area contributed by atoms with Crippen LogP contribution in [0.4, 0.5) is 0 Å². The van der Waals surface area contributed by atoms with Gasteiger partial charge in [-0.25, -0.2) is 0 Å². The molecule has 1 aromatic carbocycles. The van der Waals surface area contributed by atoms with E-state index in [4.69, 9.17) is 0 Å². The molecule has 2 aliphatic rings. The van der Waals surface area contributed by atoms with Crippen molar-refractivity contribution in [3.8, 4) is 0 Å². The van der Waals surface area contributed by atoms with Crippen LogP contribution in [0.25, 0.3) is 0 Å². The fourth-order valence-corrected chi connectivity index (χ4v) is 4.24. The van der Waals surface area contributed by atoms with E-state index in [9.17, 15) is 9.59 Å². The van der Waals surface area contributed by atoms with Crippen LogP contribution in [0, 0.1) is 12.3 Å². The van der Waals surface area contributed by atoms with Gasteiger partial charge in [0.15, 0.2) is 0 Å². The topological polar surface area (TPSA) is 52.7 Å². The Hall–Kier alpha value is -1.88. The highest BCUT2D eigenvalue weighted by Crippen LogP contribution is 2.40. The third-order valence-electron chi connectivity index (χ3n) is 5.89. The van der Waals surface area contributed by atoms with Gasteiger partial charge in [0.25, 0.3) is 5.91 Å². The standard InChI is InChI=1S/C20H29N3O2/c1-16-6-3-4-7-17(16)19(25)23-11-5-8-20(15-23)9-12-22(13-10-20)14-18(24)21-2/h3-4,6-7H,5,8-15H2,1-2H3,(H,21,24). The van der Waals surface area contributed by atoms with Crippen LogP contribution in [0.1, 0.15) is 41.6 Å². The molecule has 2 heterocycles. The van der Waals surface area contributed by atoms with Crippen LogP contribution < -0.4 is 5.32 Å². The van der Waals surface area contributed by atoms with Gasteiger partial charge in [0.2, 0.25) is 5.91 Å². The number of piperidine rings is 2. The Bertz CT molecular complexity index is 636. The van der Waals surface area contributed by atoms with E-state index in [2.05, 4.69) is 15.1 Å². The molecule has 0 radical (unpaired) electrons. The number of nitrogens with one attached hydrogen (secondary N) is 1. The lowest BCUT2D eigenvalue weighted by Gasteiger charge is -2.47. The molecular formula is C20H29N3O2. The molecule has 0 aliphatic carbocycles. The van der Waals surface area contributed by atoms with E-state index >= 15 is 0 Å². The highest BCUT2D eigenvalue weighted by molar-refractivity contribution is 5.95. The van der Waals surface area contributed by atoms with Crippen molar-refractivity contribution < 1.29 is 9.59 Å². The van der Waals surface area contributed by atoms with Crippen LogP contribution in [0.3, 0.4) is 0 Å². The largest absolute Gasteiger partial charge is 0.358 e. The van der Waals surface area contributed by atoms with Crippen molar-refractivity contribution in [2.24, 2.45) is 5.41 Å². The van der Waals surface area contributed by atoms with E-state index in [0.717, 1.165) is 56.6 Å². The lowest BCUT2D eigenvalue weighted by molar-refractivity contribution is -0.122. The molecule has 1 aromatic rings. The number of hydrogen-bond donors (Lipinski definition) is 1. The average Bonchev–Trinajstić information content (AvgIpc) is 2.64. The summed E-state index contributed by atoms with van der Waals surface area (Å²) in [6, 6.07) is 7.86. The van der Waals surface area contributed by atoms with Gasteiger partial charge in [-0.2, -0.15) is 0 Å². The Balaban J connectivity index is 1.63. The molecule has 0 unspecified atom stereocenters. The summed E-state index contributed by atoms with van der Waals surface area (Å²) in [6.45, 7) is 6.09. The number of amides is 2. The minimum Gasteiger partial charge on any atom is -0.358 e. The normalized spacial score (nSPS) is 20.5. The molecule has 136 valence electrons. The van der Waals surface area contributed by atoms with Gasteiger partial charge in [-0.3, -0.25) is 14.5 Å². The van der Waals surface area contributed by atoms with Gasteiger partial charge in [0, 0.05) is 25.7 Å². The predicted octanol–water partition coefficient (Wildman–Crippen LogP) is 2.06. The number of benzene rings is 1. The molecule has 0 saturated carbocycles. The van der Waals surface area contributed by atoms with E-state index in [1.807, 2.05) is 31.2 Å². The smallest absolute Gasteiger partial charge is 0.254 e. The second-order valence-electron chi connectivity index (χ2n) is 7.59. The number of aryl methyl sites for hydroxylation is 1. The van der Waals surface area contributed by atoms with Crippen molar-refractivity contribution in [3.63, 3.8) is 0 Å². The van der Waals surface area contributed by atoms with E-state index < -0.39 is 0 Å². The number of rotatable bonds is 3. The fraction of sp³-hybridized carbons (Fsp3) is 0.600. The summed E-state index contributed by atoms with van der Waals surface area (Å²) in [5.74, 6) is 0.251. The Morgan fingerprint density at radius 1 is 1.12 bits per heavy atom. The maximum atomic E-state index is 13.0. The Kier molecular flexibility index (Phi) is 5.42. The van der Waals surface area contributed by atoms with Gasteiger partial charge < -0.3 is 10.2 Å². The quantitative estimate of drug-likeness (QED) is 0.914. The van der Waals surface area contributed by atoms with Crippen LogP contribution in [-0.2, 0) is 4.79 Å². The van der Waals surface area contributed by atoms with Gasteiger partial charge in [-0.15, -0.1) is 0 Å². The monoisotopic (exact) mass is 343 g/mol. The van der Waals surface area contributed by atoms with Crippen molar-refractivity contribution >= 4 is 11.8 Å². The van der Waals surface area contributed by atoms with Gasteiger partial charge in [0.1, 0.15) is 0 Å². The number of likely N-dealkylation sites (N-methyl/N-ethyl adjacent to an activating group) is 1. The molecule has 5 heteroatoms. The molecule has 2 amide bonds. The molecule has 3 rings (SSSR count). The predicted molar refractivity (Wildman–Crippen MR) is 98.5 cm³/mol. The molecule has 5 nitrogen and oxygen atoms in total. The summed E-state index contributed by atoms with van der Waals surface area (Å²) in [7, 11) is 1.68. The van der Waals surface area contributed by atoms with E-state index in [-0.39, 0.29) is 17.2 Å². The first kappa shape index (κ1) is 17.9. The van der Waals surface area contributed by atoms with E-state index in [1.165, 1.54) is 6.42 Å². The zero-order chi connectivity index (χ0) is 17.9. The first-order valence-electron chi connectivity index (χ1n) is 9.31. The number of likely N-dealkylation sites (tertiary alicyclic amines) is 2. The Morgan fingerprint density at radius 3 is 2.52 bits per heavy atom. The lowest BCUT2D eigenvalue weighted by Crippen LogP contribution is -2.52. The average molecular weight is 343 g/mol. The van der Waals surface area contributed by atoms with Gasteiger partial charge in [-0.05, 0) is 62.7 Å². The molecule has 0 atom stereocenters. The molecule has 2 aliphatic heterocycles. The fourth-order valence-electron chi connectivity index (χ4n) is 4.24. The second-order valence-corrected chi connectivity index (χ2v) is 7.59. The number of nitrogens with zero attached hydrogens (tertiary/aromatic N) is 2. The van der Waals surface area contributed by atoms with Crippen molar-refractivity contribution in [3.05, 3.63) is 35.4 Å². The third-order valence-corrected chi connectivity index (χ3v) is 5.89. The zero-order valence-corrected chi connectivity index (χ0v) is 15.4. The van der Waals surface area contributed by atoms with Crippen molar-refractivity contribution in [1.82, 2.24) is 15.1 Å². The summed E-state index contributed by atoms with van der Waals surface area (Å²) >= 11 is 0. The maximum absolute atomic E-state index is 13.0. The Labute approximate surface area is 150 Å². The summed E-state index contributed by atoms with van der Waals surface area (Å²) in [5.41, 5.74) is 2.11. The summed E-state index contributed by atoms with van der Waals surface area (Å²) in [4.78, 5) is 28.8. The lowest BCUT2D eigenvalue weighted by atomic mass is 9.72. The van der Waals surface area contributed by atoms with Gasteiger partial charge >= 0.3 is 0 Å². The van der Waals surface area contributed by atoms with Gasteiger partial charge in [0.05, 0.1) is 6.54 Å². The van der Waals surface area contributed by atoms with Crippen molar-refractivity contribution in [2.75, 3.05) is 39.8 Å². The van der Waals surface area contributed by atoms with E-state index in [1.54, 1.807) is 7.05 Å². The van der Waals surface area contributed by atoms with Crippen LogP contribution in [0.2, 0.25) is 0 Å². The molecule has 2 saturated heterocycles. The maximum Gasteiger partial charge on any atom is 0.254 e. The number of carbonyl (C=O) groups is 2. The van der Waals surface area contributed by atoms with Crippen LogP contribution in [0.15, 0.2) is 24.3 Å². The minimum absolute atomic E-state index is 0.0796. The van der Waals surface area contributed by atoms with Crippen LogP contribution in [-0.4, -0.2) is 61.4 Å². The first-order chi connectivity index (χ1) is 12.0. The summed E-state index contributed by atoms with van der Waals surface area (Å²) < 4.78 is 0. The SMILES string of the molecule is CNC(=O)CN1CCC2(CCCN(C(=O)c3ccccc3C)C2)CC1. The summed E-state index contributed by atoms with van der Waals surface area (Å²) in [5, 5.41) is 2.70. The molecule has 0 aromatic heterocycles. The van der Waals surface area contributed by atoms with Crippen LogP contribution >= 0.6 is 0 Å². The first-order valence-corrected chi connectivity index (χ1v) is 9.31. The molecule has 0 bridgehead atoms. The molecule has 1 spiro atoms. The Morgan fingerprint density at radius 2 is 1.84 bits per heavy atom. The third kappa shape index (κ3) is 4.03. The highest BCUT2D eigenvalue weighted by atomic mass is 16.2. The molecular weight excluding hydrogens is 314 g/mol. The van der Waals surface area contributed by atoms with Crippen LogP contribution in [0.5, 0.6) is 0 Å². The van der Waals surface area contributed by atoms with Crippen molar-refractivity contribution in [1.29, 1.82) is 0 Å².